The monoisotopic (exact) mass is 260 g/mol. The predicted octanol–water partition coefficient (Wildman–Crippen LogP) is 2.88. The zero-order valence-corrected chi connectivity index (χ0v) is 9.92. The fourth-order valence-corrected chi connectivity index (χ4v) is 2.03. The number of nitrogen functional groups attached to an aromatic ring is 1. The van der Waals surface area contributed by atoms with Crippen LogP contribution in [0.2, 0.25) is 0 Å². The molecular weight excluding hydrogens is 245 g/mol. The molecule has 0 saturated carbocycles. The Morgan fingerprint density at radius 3 is 2.67 bits per heavy atom. The molecular formula is C12H15F3N2O. The van der Waals surface area contributed by atoms with Crippen molar-refractivity contribution >= 4 is 11.4 Å². The van der Waals surface area contributed by atoms with Gasteiger partial charge in [0.05, 0.1) is 17.7 Å². The van der Waals surface area contributed by atoms with Gasteiger partial charge in [-0.3, -0.25) is 0 Å². The number of alkyl halides is 3. The number of anilines is 2. The largest absolute Gasteiger partial charge is 0.418 e. The highest BCUT2D eigenvalue weighted by Crippen LogP contribution is 2.35. The van der Waals surface area contributed by atoms with Gasteiger partial charge in [-0.15, -0.1) is 0 Å². The zero-order chi connectivity index (χ0) is 13.3. The number of hydrogen-bond donors (Lipinski definition) is 2. The van der Waals surface area contributed by atoms with E-state index in [4.69, 9.17) is 10.5 Å². The predicted molar refractivity (Wildman–Crippen MR) is 63.3 cm³/mol. The second-order valence-electron chi connectivity index (χ2n) is 4.42. The quantitative estimate of drug-likeness (QED) is 0.804. The lowest BCUT2D eigenvalue weighted by Gasteiger charge is -2.19. The Kier molecular flexibility index (Phi) is 3.38. The number of halogens is 3. The first kappa shape index (κ1) is 13.0. The summed E-state index contributed by atoms with van der Waals surface area (Å²) in [6, 6.07) is 3.90. The summed E-state index contributed by atoms with van der Waals surface area (Å²) in [7, 11) is 0. The van der Waals surface area contributed by atoms with Crippen LogP contribution in [0.15, 0.2) is 18.2 Å². The number of ether oxygens (including phenoxy) is 1. The van der Waals surface area contributed by atoms with Crippen molar-refractivity contribution in [1.29, 1.82) is 0 Å². The van der Waals surface area contributed by atoms with Crippen LogP contribution in [0.25, 0.3) is 0 Å². The summed E-state index contributed by atoms with van der Waals surface area (Å²) in [6.45, 7) is 2.52. The van der Waals surface area contributed by atoms with Crippen LogP contribution in [0, 0.1) is 0 Å². The highest BCUT2D eigenvalue weighted by molar-refractivity contribution is 5.58. The molecule has 1 saturated heterocycles. The van der Waals surface area contributed by atoms with E-state index in [1.165, 1.54) is 6.07 Å². The lowest BCUT2D eigenvalue weighted by atomic mass is 10.1. The van der Waals surface area contributed by atoms with Crippen LogP contribution in [-0.4, -0.2) is 18.8 Å². The van der Waals surface area contributed by atoms with Crippen LogP contribution in [0.1, 0.15) is 18.9 Å². The summed E-state index contributed by atoms with van der Waals surface area (Å²) >= 11 is 0. The first-order chi connectivity index (χ1) is 8.38. The maximum Gasteiger partial charge on any atom is 0.418 e. The topological polar surface area (TPSA) is 47.3 Å². The van der Waals surface area contributed by atoms with Crippen LogP contribution in [0.3, 0.4) is 0 Å². The minimum Gasteiger partial charge on any atom is -0.398 e. The third kappa shape index (κ3) is 2.69. The molecule has 0 aromatic heterocycles. The van der Waals surface area contributed by atoms with Gasteiger partial charge in [0.1, 0.15) is 0 Å². The molecule has 6 heteroatoms. The van der Waals surface area contributed by atoms with Gasteiger partial charge in [0.25, 0.3) is 0 Å². The van der Waals surface area contributed by atoms with Crippen LogP contribution in [0.5, 0.6) is 0 Å². The number of rotatable bonds is 2. The Morgan fingerprint density at radius 2 is 2.11 bits per heavy atom. The molecule has 2 unspecified atom stereocenters. The van der Waals surface area contributed by atoms with Gasteiger partial charge in [-0.25, -0.2) is 0 Å². The molecule has 3 nitrogen and oxygen atoms in total. The molecule has 1 heterocycles. The summed E-state index contributed by atoms with van der Waals surface area (Å²) < 4.78 is 43.4. The van der Waals surface area contributed by atoms with Crippen LogP contribution in [-0.2, 0) is 10.9 Å². The summed E-state index contributed by atoms with van der Waals surface area (Å²) in [5.74, 6) is 0. The molecule has 2 atom stereocenters. The van der Waals surface area contributed by atoms with Crippen molar-refractivity contribution in [2.24, 2.45) is 0 Å². The molecule has 0 radical (unpaired) electrons. The molecule has 1 fully saturated rings. The molecule has 0 bridgehead atoms. The first-order valence-corrected chi connectivity index (χ1v) is 5.73. The van der Waals surface area contributed by atoms with Crippen LogP contribution < -0.4 is 11.1 Å². The summed E-state index contributed by atoms with van der Waals surface area (Å²) in [5, 5.41) is 3.05. The minimum absolute atomic E-state index is 0.00288. The lowest BCUT2D eigenvalue weighted by Crippen LogP contribution is -2.26. The molecule has 1 aliphatic rings. The average molecular weight is 260 g/mol. The van der Waals surface area contributed by atoms with Crippen molar-refractivity contribution in [1.82, 2.24) is 0 Å². The van der Waals surface area contributed by atoms with E-state index in [0.29, 0.717) is 12.3 Å². The van der Waals surface area contributed by atoms with E-state index in [2.05, 4.69) is 5.32 Å². The summed E-state index contributed by atoms with van der Waals surface area (Å²) in [4.78, 5) is 0. The standard InChI is InChI=1S/C12H15F3N2O/c1-7-11(4-5-18-7)17-8-2-3-10(16)9(6-8)12(13,14)15/h2-3,6-7,11,17H,4-5,16H2,1H3. The number of nitrogens with two attached hydrogens (primary N) is 1. The molecule has 0 spiro atoms. The van der Waals surface area contributed by atoms with E-state index < -0.39 is 11.7 Å². The van der Waals surface area contributed by atoms with E-state index in [0.717, 1.165) is 12.5 Å². The van der Waals surface area contributed by atoms with Crippen molar-refractivity contribution in [3.63, 3.8) is 0 Å². The SMILES string of the molecule is CC1OCCC1Nc1ccc(N)c(C(F)(F)F)c1. The summed E-state index contributed by atoms with van der Waals surface area (Å²) in [5.41, 5.74) is 4.69. The van der Waals surface area contributed by atoms with Gasteiger partial charge in [-0.1, -0.05) is 0 Å². The lowest BCUT2D eigenvalue weighted by molar-refractivity contribution is -0.136. The molecule has 0 aliphatic carbocycles. The van der Waals surface area contributed by atoms with Crippen molar-refractivity contribution in [3.05, 3.63) is 23.8 Å². The first-order valence-electron chi connectivity index (χ1n) is 5.73. The fourth-order valence-electron chi connectivity index (χ4n) is 2.03. The van der Waals surface area contributed by atoms with Gasteiger partial charge in [-0.05, 0) is 31.5 Å². The number of nitrogens with one attached hydrogen (secondary N) is 1. The van der Waals surface area contributed by atoms with E-state index in [1.54, 1.807) is 6.07 Å². The summed E-state index contributed by atoms with van der Waals surface area (Å²) in [6.07, 6.45) is -3.65. The van der Waals surface area contributed by atoms with Crippen LogP contribution >= 0.6 is 0 Å². The molecule has 1 aromatic rings. The van der Waals surface area contributed by atoms with E-state index >= 15 is 0 Å². The second-order valence-corrected chi connectivity index (χ2v) is 4.42. The van der Waals surface area contributed by atoms with Crippen LogP contribution in [0.4, 0.5) is 24.5 Å². The van der Waals surface area contributed by atoms with Gasteiger partial charge in [0.15, 0.2) is 0 Å². The van der Waals surface area contributed by atoms with E-state index in [1.807, 2.05) is 6.92 Å². The molecule has 0 amide bonds. The molecule has 3 N–H and O–H groups in total. The van der Waals surface area contributed by atoms with E-state index in [-0.39, 0.29) is 17.8 Å². The Morgan fingerprint density at radius 1 is 1.39 bits per heavy atom. The Hall–Kier alpha value is -1.43. The van der Waals surface area contributed by atoms with Crippen molar-refractivity contribution in [2.45, 2.75) is 31.7 Å². The highest BCUT2D eigenvalue weighted by atomic mass is 19.4. The third-order valence-electron chi connectivity index (χ3n) is 3.09. The second kappa shape index (κ2) is 4.68. The highest BCUT2D eigenvalue weighted by Gasteiger charge is 2.33. The van der Waals surface area contributed by atoms with Crippen molar-refractivity contribution in [2.75, 3.05) is 17.7 Å². The van der Waals surface area contributed by atoms with Gasteiger partial charge in [-0.2, -0.15) is 13.2 Å². The van der Waals surface area contributed by atoms with E-state index in [9.17, 15) is 13.2 Å². The van der Waals surface area contributed by atoms with Gasteiger partial charge in [0.2, 0.25) is 0 Å². The number of benzene rings is 1. The Labute approximate surface area is 103 Å². The average Bonchev–Trinajstić information content (AvgIpc) is 2.66. The maximum atomic E-state index is 12.7. The van der Waals surface area contributed by atoms with Crippen molar-refractivity contribution in [3.8, 4) is 0 Å². The normalized spacial score (nSPS) is 24.2. The Balaban J connectivity index is 2.19. The zero-order valence-electron chi connectivity index (χ0n) is 9.92. The molecule has 18 heavy (non-hydrogen) atoms. The third-order valence-corrected chi connectivity index (χ3v) is 3.09. The Bertz CT molecular complexity index is 434. The molecule has 2 rings (SSSR count). The fraction of sp³-hybridized carbons (Fsp3) is 0.500. The molecule has 1 aliphatic heterocycles. The number of hydrogen-bond acceptors (Lipinski definition) is 3. The van der Waals surface area contributed by atoms with Crippen molar-refractivity contribution < 1.29 is 17.9 Å². The minimum atomic E-state index is -4.43. The molecule has 100 valence electrons. The molecule has 1 aromatic carbocycles. The smallest absolute Gasteiger partial charge is 0.398 e. The maximum absolute atomic E-state index is 12.7. The van der Waals surface area contributed by atoms with Gasteiger partial charge < -0.3 is 15.8 Å². The van der Waals surface area contributed by atoms with Gasteiger partial charge in [0, 0.05) is 18.0 Å². The van der Waals surface area contributed by atoms with Gasteiger partial charge >= 0.3 is 6.18 Å².